The molecule has 1 aromatic carbocycles. The lowest BCUT2D eigenvalue weighted by atomic mass is 10.2. The summed E-state index contributed by atoms with van der Waals surface area (Å²) in [6.45, 7) is 2.06. The average molecular weight is 252 g/mol. The van der Waals surface area contributed by atoms with Gasteiger partial charge in [0, 0.05) is 10.6 Å². The Hall–Kier alpha value is -1.39. The average Bonchev–Trinajstić information content (AvgIpc) is 2.78. The third-order valence-corrected chi connectivity index (χ3v) is 2.68. The molecule has 0 aliphatic heterocycles. The molecule has 0 aliphatic rings. The van der Waals surface area contributed by atoms with E-state index < -0.39 is 0 Å². The second-order valence-electron chi connectivity index (χ2n) is 3.86. The number of rotatable bonds is 4. The molecular weight excluding hydrogens is 238 g/mol. The standard InChI is InChI=1S/C12H14ClN3O/c1-2-4-10(14)12-15-11(16-17-12)8-5-3-6-9(13)7-8/h3,5-7,10H,2,4,14H2,1H3/t10-/m0/s1. The Morgan fingerprint density at radius 2 is 2.29 bits per heavy atom. The minimum atomic E-state index is -0.194. The van der Waals surface area contributed by atoms with Crippen molar-refractivity contribution in [1.29, 1.82) is 0 Å². The van der Waals surface area contributed by atoms with Crippen molar-refractivity contribution >= 4 is 11.6 Å². The van der Waals surface area contributed by atoms with Crippen molar-refractivity contribution in [3.05, 3.63) is 35.2 Å². The first-order valence-corrected chi connectivity index (χ1v) is 5.93. The van der Waals surface area contributed by atoms with Crippen molar-refractivity contribution in [2.75, 3.05) is 0 Å². The third kappa shape index (κ3) is 2.84. The lowest BCUT2D eigenvalue weighted by Crippen LogP contribution is -2.09. The summed E-state index contributed by atoms with van der Waals surface area (Å²) in [7, 11) is 0. The molecule has 2 rings (SSSR count). The highest BCUT2D eigenvalue weighted by atomic mass is 35.5. The van der Waals surface area contributed by atoms with Gasteiger partial charge in [-0.15, -0.1) is 0 Å². The van der Waals surface area contributed by atoms with Gasteiger partial charge in [-0.25, -0.2) is 0 Å². The lowest BCUT2D eigenvalue weighted by molar-refractivity contribution is 0.348. The summed E-state index contributed by atoms with van der Waals surface area (Å²) in [6, 6.07) is 7.13. The summed E-state index contributed by atoms with van der Waals surface area (Å²) in [5.41, 5.74) is 6.73. The molecule has 0 spiro atoms. The summed E-state index contributed by atoms with van der Waals surface area (Å²) < 4.78 is 5.14. The van der Waals surface area contributed by atoms with Crippen LogP contribution >= 0.6 is 11.6 Å². The molecule has 2 N–H and O–H groups in total. The van der Waals surface area contributed by atoms with Crippen molar-refractivity contribution in [1.82, 2.24) is 10.1 Å². The largest absolute Gasteiger partial charge is 0.337 e. The highest BCUT2D eigenvalue weighted by Crippen LogP contribution is 2.22. The van der Waals surface area contributed by atoms with E-state index in [0.29, 0.717) is 16.7 Å². The number of halogens is 1. The quantitative estimate of drug-likeness (QED) is 0.906. The van der Waals surface area contributed by atoms with Gasteiger partial charge in [0.05, 0.1) is 6.04 Å². The summed E-state index contributed by atoms with van der Waals surface area (Å²) >= 11 is 5.90. The predicted octanol–water partition coefficient (Wildman–Crippen LogP) is 3.19. The van der Waals surface area contributed by atoms with Crippen molar-refractivity contribution in [2.24, 2.45) is 5.73 Å². The van der Waals surface area contributed by atoms with Crippen molar-refractivity contribution in [3.63, 3.8) is 0 Å². The van der Waals surface area contributed by atoms with Crippen molar-refractivity contribution in [2.45, 2.75) is 25.8 Å². The first kappa shape index (κ1) is 12.1. The molecule has 0 fully saturated rings. The van der Waals surface area contributed by atoms with Crippen LogP contribution in [0.25, 0.3) is 11.4 Å². The molecule has 1 aromatic heterocycles. The molecule has 90 valence electrons. The Morgan fingerprint density at radius 3 is 3.00 bits per heavy atom. The van der Waals surface area contributed by atoms with Crippen LogP contribution in [0.5, 0.6) is 0 Å². The smallest absolute Gasteiger partial charge is 0.243 e. The Balaban J connectivity index is 2.23. The Labute approximate surface area is 105 Å². The number of hydrogen-bond acceptors (Lipinski definition) is 4. The third-order valence-electron chi connectivity index (χ3n) is 2.44. The first-order chi connectivity index (χ1) is 8.20. The van der Waals surface area contributed by atoms with Gasteiger partial charge in [0.25, 0.3) is 0 Å². The topological polar surface area (TPSA) is 64.9 Å². The minimum absolute atomic E-state index is 0.194. The minimum Gasteiger partial charge on any atom is -0.337 e. The fourth-order valence-corrected chi connectivity index (χ4v) is 1.76. The number of nitrogens with two attached hydrogens (primary N) is 1. The maximum absolute atomic E-state index is 5.90. The first-order valence-electron chi connectivity index (χ1n) is 5.56. The lowest BCUT2D eigenvalue weighted by Gasteiger charge is -2.02. The van der Waals surface area contributed by atoms with Crippen LogP contribution in [-0.2, 0) is 0 Å². The molecule has 0 radical (unpaired) electrons. The molecule has 0 amide bonds. The van der Waals surface area contributed by atoms with Crippen LogP contribution in [0.15, 0.2) is 28.8 Å². The van der Waals surface area contributed by atoms with Gasteiger partial charge in [0.1, 0.15) is 0 Å². The number of nitrogens with zero attached hydrogens (tertiary/aromatic N) is 2. The molecule has 2 aromatic rings. The van der Waals surface area contributed by atoms with Gasteiger partial charge in [-0.1, -0.05) is 42.2 Å². The highest BCUT2D eigenvalue weighted by Gasteiger charge is 2.14. The molecule has 4 nitrogen and oxygen atoms in total. The summed E-state index contributed by atoms with van der Waals surface area (Å²) in [6.07, 6.45) is 1.81. The van der Waals surface area contributed by atoms with Crippen LogP contribution in [0.2, 0.25) is 5.02 Å². The van der Waals surface area contributed by atoms with Gasteiger partial charge < -0.3 is 10.3 Å². The normalized spacial score (nSPS) is 12.6. The monoisotopic (exact) mass is 251 g/mol. The Morgan fingerprint density at radius 1 is 1.47 bits per heavy atom. The van der Waals surface area contributed by atoms with E-state index in [0.717, 1.165) is 18.4 Å². The second kappa shape index (κ2) is 5.29. The van der Waals surface area contributed by atoms with Gasteiger partial charge >= 0.3 is 0 Å². The molecule has 0 bridgehead atoms. The fraction of sp³-hybridized carbons (Fsp3) is 0.333. The summed E-state index contributed by atoms with van der Waals surface area (Å²) in [5.74, 6) is 0.996. The maximum atomic E-state index is 5.90. The highest BCUT2D eigenvalue weighted by molar-refractivity contribution is 6.30. The zero-order chi connectivity index (χ0) is 12.3. The number of aromatic nitrogens is 2. The number of hydrogen-bond donors (Lipinski definition) is 1. The van der Waals surface area contributed by atoms with Crippen LogP contribution in [0.1, 0.15) is 31.7 Å². The summed E-state index contributed by atoms with van der Waals surface area (Å²) in [5, 5.41) is 4.55. The van der Waals surface area contributed by atoms with E-state index in [1.165, 1.54) is 0 Å². The van der Waals surface area contributed by atoms with Gasteiger partial charge in [-0.2, -0.15) is 4.98 Å². The fourth-order valence-electron chi connectivity index (χ4n) is 1.57. The van der Waals surface area contributed by atoms with E-state index in [2.05, 4.69) is 17.1 Å². The van der Waals surface area contributed by atoms with E-state index in [9.17, 15) is 0 Å². The molecule has 0 aliphatic carbocycles. The van der Waals surface area contributed by atoms with E-state index in [1.54, 1.807) is 12.1 Å². The predicted molar refractivity (Wildman–Crippen MR) is 66.6 cm³/mol. The zero-order valence-electron chi connectivity index (χ0n) is 9.56. The molecule has 0 saturated carbocycles. The zero-order valence-corrected chi connectivity index (χ0v) is 10.3. The van der Waals surface area contributed by atoms with Crippen LogP contribution < -0.4 is 5.73 Å². The second-order valence-corrected chi connectivity index (χ2v) is 4.30. The van der Waals surface area contributed by atoms with Crippen molar-refractivity contribution in [3.8, 4) is 11.4 Å². The van der Waals surface area contributed by atoms with E-state index in [1.807, 2.05) is 12.1 Å². The molecule has 1 heterocycles. The van der Waals surface area contributed by atoms with Gasteiger partial charge in [-0.3, -0.25) is 0 Å². The molecule has 0 saturated heterocycles. The molecular formula is C12H14ClN3O. The Kier molecular flexibility index (Phi) is 3.76. The van der Waals surface area contributed by atoms with Gasteiger partial charge in [-0.05, 0) is 18.6 Å². The van der Waals surface area contributed by atoms with E-state index in [-0.39, 0.29) is 6.04 Å². The Bertz CT molecular complexity index is 498. The molecule has 1 atom stereocenters. The van der Waals surface area contributed by atoms with Crippen LogP contribution in [0, 0.1) is 0 Å². The molecule has 5 heteroatoms. The molecule has 0 unspecified atom stereocenters. The number of benzene rings is 1. The maximum Gasteiger partial charge on any atom is 0.243 e. The van der Waals surface area contributed by atoms with Crippen molar-refractivity contribution < 1.29 is 4.52 Å². The van der Waals surface area contributed by atoms with Crippen LogP contribution in [0.4, 0.5) is 0 Å². The van der Waals surface area contributed by atoms with Crippen LogP contribution in [0.3, 0.4) is 0 Å². The van der Waals surface area contributed by atoms with E-state index >= 15 is 0 Å². The van der Waals surface area contributed by atoms with E-state index in [4.69, 9.17) is 21.9 Å². The van der Waals surface area contributed by atoms with Crippen LogP contribution in [-0.4, -0.2) is 10.1 Å². The van der Waals surface area contributed by atoms with Gasteiger partial charge in [0.2, 0.25) is 11.7 Å². The molecule has 17 heavy (non-hydrogen) atoms. The van der Waals surface area contributed by atoms with Gasteiger partial charge in [0.15, 0.2) is 0 Å². The SMILES string of the molecule is CCC[C@H](N)c1nc(-c2cccc(Cl)c2)no1. The summed E-state index contributed by atoms with van der Waals surface area (Å²) in [4.78, 5) is 4.28.